The van der Waals surface area contributed by atoms with Crippen LogP contribution in [-0.2, 0) is 27.2 Å². The molecule has 1 aromatic heterocycles. The van der Waals surface area contributed by atoms with Gasteiger partial charge in [-0.15, -0.1) is 11.3 Å². The fraction of sp³-hybridized carbons (Fsp3) is 0.632. The summed E-state index contributed by atoms with van der Waals surface area (Å²) in [7, 11) is 0. The zero-order valence-electron chi connectivity index (χ0n) is 14.8. The molecule has 0 saturated heterocycles. The van der Waals surface area contributed by atoms with Crippen LogP contribution in [0.15, 0.2) is 0 Å². The zero-order valence-corrected chi connectivity index (χ0v) is 15.6. The van der Waals surface area contributed by atoms with Crippen LogP contribution in [0.5, 0.6) is 0 Å². The molecule has 0 bridgehead atoms. The molecular formula is C19H24N2O4S. The van der Waals surface area contributed by atoms with Gasteiger partial charge in [-0.05, 0) is 56.9 Å². The van der Waals surface area contributed by atoms with Gasteiger partial charge in [0, 0.05) is 4.88 Å². The number of hydrogen-bond donors (Lipinski definition) is 2. The van der Waals surface area contributed by atoms with Gasteiger partial charge >= 0.3 is 5.97 Å². The highest BCUT2D eigenvalue weighted by Crippen LogP contribution is 2.37. The number of anilines is 1. The number of ether oxygens (including phenoxy) is 1. The molecule has 0 aliphatic heterocycles. The van der Waals surface area contributed by atoms with E-state index in [4.69, 9.17) is 4.74 Å². The van der Waals surface area contributed by atoms with Gasteiger partial charge in [0.1, 0.15) is 11.1 Å². The molecule has 0 spiro atoms. The van der Waals surface area contributed by atoms with Crippen LogP contribution in [0.25, 0.3) is 0 Å². The van der Waals surface area contributed by atoms with Crippen molar-refractivity contribution in [3.05, 3.63) is 16.0 Å². The van der Waals surface area contributed by atoms with E-state index in [1.54, 1.807) is 0 Å². The number of carbonyl (C=O) groups excluding carboxylic acids is 2. The van der Waals surface area contributed by atoms with Gasteiger partial charge in [0.25, 0.3) is 5.91 Å². The maximum absolute atomic E-state index is 12.2. The van der Waals surface area contributed by atoms with E-state index >= 15 is 0 Å². The van der Waals surface area contributed by atoms with E-state index < -0.39 is 24.1 Å². The molecule has 6 nitrogen and oxygen atoms in total. The van der Waals surface area contributed by atoms with Crippen LogP contribution in [0.4, 0.5) is 5.00 Å². The highest BCUT2D eigenvalue weighted by Gasteiger charge is 2.39. The molecule has 0 radical (unpaired) electrons. The van der Waals surface area contributed by atoms with Crippen LogP contribution in [0.3, 0.4) is 0 Å². The summed E-state index contributed by atoms with van der Waals surface area (Å²) in [6.45, 7) is -0.450. The normalized spacial score (nSPS) is 18.9. The third kappa shape index (κ3) is 4.08. The molecule has 2 aliphatic rings. The van der Waals surface area contributed by atoms with E-state index in [0.717, 1.165) is 56.9 Å². The van der Waals surface area contributed by atoms with Gasteiger partial charge in [-0.1, -0.05) is 12.8 Å². The van der Waals surface area contributed by atoms with Crippen LogP contribution in [-0.4, -0.2) is 29.2 Å². The molecule has 1 fully saturated rings. The van der Waals surface area contributed by atoms with E-state index in [0.29, 0.717) is 23.4 Å². The lowest BCUT2D eigenvalue weighted by atomic mass is 9.85. The highest BCUT2D eigenvalue weighted by atomic mass is 32.1. The van der Waals surface area contributed by atoms with Gasteiger partial charge in [0.15, 0.2) is 12.2 Å². The van der Waals surface area contributed by atoms with Crippen molar-refractivity contribution in [1.29, 1.82) is 5.26 Å². The van der Waals surface area contributed by atoms with Gasteiger partial charge in [-0.25, -0.2) is 4.79 Å². The minimum Gasteiger partial charge on any atom is -0.453 e. The Morgan fingerprint density at radius 1 is 1.15 bits per heavy atom. The van der Waals surface area contributed by atoms with Crippen molar-refractivity contribution in [2.24, 2.45) is 0 Å². The Balaban J connectivity index is 1.60. The SMILES string of the molecule is N#Cc1c(NC(=O)COC(=O)C2(O)CCCCC2)sc2c1CCCCC2. The Morgan fingerprint density at radius 3 is 2.58 bits per heavy atom. The third-order valence-corrected chi connectivity index (χ3v) is 6.39. The van der Waals surface area contributed by atoms with Crippen LogP contribution in [0.2, 0.25) is 0 Å². The number of amides is 1. The maximum Gasteiger partial charge on any atom is 0.338 e. The second-order valence-corrected chi connectivity index (χ2v) is 8.20. The maximum atomic E-state index is 12.2. The number of rotatable bonds is 4. The van der Waals surface area contributed by atoms with Gasteiger partial charge in [0.05, 0.1) is 5.56 Å². The lowest BCUT2D eigenvalue weighted by Crippen LogP contribution is -2.42. The minimum atomic E-state index is -1.46. The summed E-state index contributed by atoms with van der Waals surface area (Å²) in [5.74, 6) is -1.21. The second-order valence-electron chi connectivity index (χ2n) is 7.10. The molecule has 3 rings (SSSR count). The van der Waals surface area contributed by atoms with Crippen molar-refractivity contribution in [2.75, 3.05) is 11.9 Å². The quantitative estimate of drug-likeness (QED) is 0.621. The minimum absolute atomic E-state index is 0.379. The van der Waals surface area contributed by atoms with Crippen molar-refractivity contribution in [2.45, 2.75) is 69.8 Å². The molecule has 2 N–H and O–H groups in total. The molecule has 0 unspecified atom stereocenters. The molecule has 140 valence electrons. The number of esters is 1. The smallest absolute Gasteiger partial charge is 0.338 e. The lowest BCUT2D eigenvalue weighted by Gasteiger charge is -2.29. The Labute approximate surface area is 157 Å². The third-order valence-electron chi connectivity index (χ3n) is 5.18. The number of thiophene rings is 1. The summed E-state index contributed by atoms with van der Waals surface area (Å²) in [5.41, 5.74) is 0.132. The molecule has 7 heteroatoms. The number of nitrogens with one attached hydrogen (secondary N) is 1. The van der Waals surface area contributed by atoms with Gasteiger partial charge in [0.2, 0.25) is 0 Å². The summed E-state index contributed by atoms with van der Waals surface area (Å²) < 4.78 is 5.03. The van der Waals surface area contributed by atoms with E-state index in [9.17, 15) is 20.0 Å². The summed E-state index contributed by atoms with van der Waals surface area (Å²) in [6, 6.07) is 2.21. The fourth-order valence-corrected chi connectivity index (χ4v) is 4.97. The number of carbonyl (C=O) groups is 2. The first-order valence-electron chi connectivity index (χ1n) is 9.27. The van der Waals surface area contributed by atoms with E-state index in [-0.39, 0.29) is 0 Å². The number of nitriles is 1. The standard InChI is InChI=1S/C19H24N2O4S/c20-11-14-13-7-3-1-4-8-15(13)26-17(14)21-16(22)12-25-18(23)19(24)9-5-2-6-10-19/h24H,1-10,12H2,(H,21,22). The molecule has 1 amide bonds. The largest absolute Gasteiger partial charge is 0.453 e. The Kier molecular flexibility index (Phi) is 5.94. The Hall–Kier alpha value is -1.91. The Bertz CT molecular complexity index is 729. The number of aliphatic hydroxyl groups is 1. The van der Waals surface area contributed by atoms with Crippen molar-refractivity contribution < 1.29 is 19.4 Å². The molecular weight excluding hydrogens is 352 g/mol. The number of nitrogens with zero attached hydrogens (tertiary/aromatic N) is 1. The summed E-state index contributed by atoms with van der Waals surface area (Å²) >= 11 is 1.45. The van der Waals surface area contributed by atoms with Crippen LogP contribution in [0, 0.1) is 11.3 Å². The van der Waals surface area contributed by atoms with Crippen LogP contribution < -0.4 is 5.32 Å². The summed E-state index contributed by atoms with van der Waals surface area (Å²) in [5, 5.41) is 23.0. The molecule has 1 aromatic rings. The predicted molar refractivity (Wildman–Crippen MR) is 97.9 cm³/mol. The van der Waals surface area contributed by atoms with Crippen molar-refractivity contribution in [3.63, 3.8) is 0 Å². The van der Waals surface area contributed by atoms with Gasteiger partial charge < -0.3 is 15.2 Å². The first-order chi connectivity index (χ1) is 12.5. The van der Waals surface area contributed by atoms with Crippen molar-refractivity contribution in [3.8, 4) is 6.07 Å². The molecule has 0 atom stereocenters. The average molecular weight is 376 g/mol. The number of hydrogen-bond acceptors (Lipinski definition) is 6. The van der Waals surface area contributed by atoms with Crippen molar-refractivity contribution in [1.82, 2.24) is 0 Å². The predicted octanol–water partition coefficient (Wildman–Crippen LogP) is 3.07. The summed E-state index contributed by atoms with van der Waals surface area (Å²) in [6.07, 6.45) is 8.44. The first kappa shape index (κ1) is 18.9. The second kappa shape index (κ2) is 8.19. The fourth-order valence-electron chi connectivity index (χ4n) is 3.72. The molecule has 26 heavy (non-hydrogen) atoms. The van der Waals surface area contributed by atoms with Crippen LogP contribution in [0.1, 0.15) is 67.4 Å². The monoisotopic (exact) mass is 376 g/mol. The van der Waals surface area contributed by atoms with E-state index in [1.165, 1.54) is 16.2 Å². The topological polar surface area (TPSA) is 99.4 Å². The Morgan fingerprint density at radius 2 is 1.85 bits per heavy atom. The molecule has 1 heterocycles. The molecule has 1 saturated carbocycles. The molecule has 2 aliphatic carbocycles. The first-order valence-corrected chi connectivity index (χ1v) is 10.1. The number of fused-ring (bicyclic) bond motifs is 1. The van der Waals surface area contributed by atoms with Crippen LogP contribution >= 0.6 is 11.3 Å². The zero-order chi connectivity index (χ0) is 18.6. The van der Waals surface area contributed by atoms with E-state index in [1.807, 2.05) is 0 Å². The van der Waals surface area contributed by atoms with Gasteiger partial charge in [-0.3, -0.25) is 4.79 Å². The highest BCUT2D eigenvalue weighted by molar-refractivity contribution is 7.16. The summed E-state index contributed by atoms with van der Waals surface area (Å²) in [4.78, 5) is 25.4. The van der Waals surface area contributed by atoms with Gasteiger partial charge in [-0.2, -0.15) is 5.26 Å². The lowest BCUT2D eigenvalue weighted by molar-refractivity contribution is -0.170. The average Bonchev–Trinajstić information content (AvgIpc) is 2.79. The molecule has 0 aromatic carbocycles. The van der Waals surface area contributed by atoms with E-state index in [2.05, 4.69) is 11.4 Å². The van der Waals surface area contributed by atoms with Crippen molar-refractivity contribution >= 4 is 28.2 Å². The number of aryl methyl sites for hydroxylation is 1.